The first-order valence-electron chi connectivity index (χ1n) is 6.99. The van der Waals surface area contributed by atoms with E-state index in [0.29, 0.717) is 43.4 Å². The van der Waals surface area contributed by atoms with E-state index in [2.05, 4.69) is 0 Å². The van der Waals surface area contributed by atoms with Crippen LogP contribution >= 0.6 is 0 Å². The highest BCUT2D eigenvalue weighted by atomic mass is 16.5. The van der Waals surface area contributed by atoms with Crippen molar-refractivity contribution < 1.29 is 23.8 Å². The molecule has 0 aliphatic carbocycles. The summed E-state index contributed by atoms with van der Waals surface area (Å²) in [4.78, 5) is 26.1. The van der Waals surface area contributed by atoms with Crippen LogP contribution in [0.15, 0.2) is 18.2 Å². The van der Waals surface area contributed by atoms with Gasteiger partial charge in [0.15, 0.2) is 6.61 Å². The van der Waals surface area contributed by atoms with Crippen molar-refractivity contribution >= 4 is 12.3 Å². The van der Waals surface area contributed by atoms with Crippen molar-refractivity contribution in [2.45, 2.75) is 0 Å². The molecule has 22 heavy (non-hydrogen) atoms. The van der Waals surface area contributed by atoms with E-state index in [0.717, 1.165) is 6.41 Å². The van der Waals surface area contributed by atoms with Crippen LogP contribution in [0.1, 0.15) is 0 Å². The molecular formula is C15H20N2O5. The number of rotatable bonds is 6. The van der Waals surface area contributed by atoms with E-state index >= 15 is 0 Å². The smallest absolute Gasteiger partial charge is 0.260 e. The Morgan fingerprint density at radius 3 is 2.09 bits per heavy atom. The lowest BCUT2D eigenvalue weighted by Gasteiger charge is -2.32. The predicted molar refractivity (Wildman–Crippen MR) is 79.3 cm³/mol. The van der Waals surface area contributed by atoms with Crippen LogP contribution in [-0.4, -0.2) is 69.1 Å². The molecule has 0 radical (unpaired) electrons. The van der Waals surface area contributed by atoms with Gasteiger partial charge in [0, 0.05) is 44.4 Å². The molecule has 0 aromatic heterocycles. The van der Waals surface area contributed by atoms with Gasteiger partial charge in [-0.1, -0.05) is 0 Å². The highest BCUT2D eigenvalue weighted by Gasteiger charge is 2.20. The molecule has 0 spiro atoms. The van der Waals surface area contributed by atoms with Crippen molar-refractivity contribution in [2.75, 3.05) is 47.0 Å². The maximum atomic E-state index is 12.1. The SMILES string of the molecule is COc1cc(OC)cc(OCC(=O)N2CCN(C=O)CC2)c1. The first kappa shape index (κ1) is 15.9. The van der Waals surface area contributed by atoms with Gasteiger partial charge in [0.25, 0.3) is 5.91 Å². The van der Waals surface area contributed by atoms with Gasteiger partial charge in [0.1, 0.15) is 17.2 Å². The maximum absolute atomic E-state index is 12.1. The van der Waals surface area contributed by atoms with Crippen LogP contribution in [0.25, 0.3) is 0 Å². The van der Waals surface area contributed by atoms with Crippen LogP contribution in [0.2, 0.25) is 0 Å². The Balaban J connectivity index is 1.89. The monoisotopic (exact) mass is 308 g/mol. The summed E-state index contributed by atoms with van der Waals surface area (Å²) in [6.45, 7) is 2.12. The Bertz CT molecular complexity index is 504. The Labute approximate surface area is 129 Å². The van der Waals surface area contributed by atoms with Crippen molar-refractivity contribution in [3.63, 3.8) is 0 Å². The number of ether oxygens (including phenoxy) is 3. The Hall–Kier alpha value is -2.44. The molecule has 2 rings (SSSR count). The molecule has 120 valence electrons. The van der Waals surface area contributed by atoms with Gasteiger partial charge in [-0.2, -0.15) is 0 Å². The third-order valence-electron chi connectivity index (χ3n) is 3.50. The van der Waals surface area contributed by atoms with Crippen LogP contribution in [0.5, 0.6) is 17.2 Å². The van der Waals surface area contributed by atoms with E-state index in [-0.39, 0.29) is 12.5 Å². The zero-order valence-electron chi connectivity index (χ0n) is 12.8. The summed E-state index contributed by atoms with van der Waals surface area (Å²) in [5, 5.41) is 0. The van der Waals surface area contributed by atoms with Crippen LogP contribution in [0.4, 0.5) is 0 Å². The van der Waals surface area contributed by atoms with Crippen LogP contribution in [0, 0.1) is 0 Å². The lowest BCUT2D eigenvalue weighted by molar-refractivity contribution is -0.137. The van der Waals surface area contributed by atoms with Gasteiger partial charge >= 0.3 is 0 Å². The quantitative estimate of drug-likeness (QED) is 0.711. The average molecular weight is 308 g/mol. The molecule has 7 nitrogen and oxygen atoms in total. The minimum absolute atomic E-state index is 0.0581. The molecule has 1 aromatic carbocycles. The second-order valence-corrected chi connectivity index (χ2v) is 4.86. The summed E-state index contributed by atoms with van der Waals surface area (Å²) in [6, 6.07) is 5.12. The van der Waals surface area contributed by atoms with Crippen molar-refractivity contribution in [1.82, 2.24) is 9.80 Å². The molecule has 0 bridgehead atoms. The number of nitrogens with zero attached hydrogens (tertiary/aromatic N) is 2. The normalized spacial score (nSPS) is 14.5. The summed E-state index contributed by atoms with van der Waals surface area (Å²) >= 11 is 0. The summed E-state index contributed by atoms with van der Waals surface area (Å²) in [5.41, 5.74) is 0. The van der Waals surface area contributed by atoms with Gasteiger partial charge in [-0.25, -0.2) is 0 Å². The summed E-state index contributed by atoms with van der Waals surface area (Å²) in [7, 11) is 3.10. The zero-order valence-corrected chi connectivity index (χ0v) is 12.8. The number of amides is 2. The van der Waals surface area contributed by atoms with E-state index < -0.39 is 0 Å². The molecule has 0 N–H and O–H groups in total. The van der Waals surface area contributed by atoms with Crippen molar-refractivity contribution in [2.24, 2.45) is 0 Å². The Kier molecular flexibility index (Phi) is 5.46. The van der Waals surface area contributed by atoms with Gasteiger partial charge < -0.3 is 24.0 Å². The van der Waals surface area contributed by atoms with Gasteiger partial charge in [-0.3, -0.25) is 9.59 Å². The van der Waals surface area contributed by atoms with Crippen molar-refractivity contribution in [3.8, 4) is 17.2 Å². The molecule has 1 aliphatic heterocycles. The third-order valence-corrected chi connectivity index (χ3v) is 3.50. The molecule has 1 aromatic rings. The molecule has 1 saturated heterocycles. The maximum Gasteiger partial charge on any atom is 0.260 e. The molecule has 1 aliphatic rings. The van der Waals surface area contributed by atoms with E-state index in [1.165, 1.54) is 0 Å². The molecule has 0 atom stereocenters. The van der Waals surface area contributed by atoms with Gasteiger partial charge in [-0.05, 0) is 0 Å². The van der Waals surface area contributed by atoms with E-state index in [1.54, 1.807) is 42.2 Å². The first-order chi connectivity index (χ1) is 10.7. The lowest BCUT2D eigenvalue weighted by atomic mass is 10.3. The number of carbonyl (C=O) groups excluding carboxylic acids is 2. The highest BCUT2D eigenvalue weighted by molar-refractivity contribution is 5.78. The molecule has 0 unspecified atom stereocenters. The number of methoxy groups -OCH3 is 2. The molecular weight excluding hydrogens is 288 g/mol. The molecule has 1 heterocycles. The lowest BCUT2D eigenvalue weighted by Crippen LogP contribution is -2.49. The second kappa shape index (κ2) is 7.53. The van der Waals surface area contributed by atoms with Crippen LogP contribution in [0.3, 0.4) is 0 Å². The molecule has 0 saturated carbocycles. The summed E-state index contributed by atoms with van der Waals surface area (Å²) < 4.78 is 15.8. The van der Waals surface area contributed by atoms with Gasteiger partial charge in [-0.15, -0.1) is 0 Å². The largest absolute Gasteiger partial charge is 0.496 e. The molecule has 1 fully saturated rings. The minimum atomic E-state index is -0.104. The van der Waals surface area contributed by atoms with E-state index in [4.69, 9.17) is 14.2 Å². The van der Waals surface area contributed by atoms with Crippen molar-refractivity contribution in [1.29, 1.82) is 0 Å². The summed E-state index contributed by atoms with van der Waals surface area (Å²) in [6.07, 6.45) is 0.806. The predicted octanol–water partition coefficient (Wildman–Crippen LogP) is 0.383. The number of hydrogen-bond donors (Lipinski definition) is 0. The fraction of sp³-hybridized carbons (Fsp3) is 0.467. The zero-order chi connectivity index (χ0) is 15.9. The van der Waals surface area contributed by atoms with Gasteiger partial charge in [0.05, 0.1) is 14.2 Å². The van der Waals surface area contributed by atoms with Crippen LogP contribution in [-0.2, 0) is 9.59 Å². The van der Waals surface area contributed by atoms with Crippen LogP contribution < -0.4 is 14.2 Å². The number of hydrogen-bond acceptors (Lipinski definition) is 5. The average Bonchev–Trinajstić information content (AvgIpc) is 2.59. The second-order valence-electron chi connectivity index (χ2n) is 4.86. The third kappa shape index (κ3) is 4.03. The van der Waals surface area contributed by atoms with Crippen molar-refractivity contribution in [3.05, 3.63) is 18.2 Å². The fourth-order valence-corrected chi connectivity index (χ4v) is 2.18. The van der Waals surface area contributed by atoms with E-state index in [1.807, 2.05) is 0 Å². The number of piperazine rings is 1. The highest BCUT2D eigenvalue weighted by Crippen LogP contribution is 2.27. The summed E-state index contributed by atoms with van der Waals surface area (Å²) in [5.74, 6) is 1.60. The Morgan fingerprint density at radius 2 is 1.59 bits per heavy atom. The minimum Gasteiger partial charge on any atom is -0.496 e. The van der Waals surface area contributed by atoms with E-state index in [9.17, 15) is 9.59 Å². The van der Waals surface area contributed by atoms with Gasteiger partial charge in [0.2, 0.25) is 6.41 Å². The molecule has 7 heteroatoms. The Morgan fingerprint density at radius 1 is 1.05 bits per heavy atom. The fourth-order valence-electron chi connectivity index (χ4n) is 2.18. The molecule has 2 amide bonds. The number of benzene rings is 1. The topological polar surface area (TPSA) is 68.3 Å². The standard InChI is InChI=1S/C15H20N2O5/c1-20-12-7-13(21-2)9-14(8-12)22-10-15(19)17-5-3-16(11-18)4-6-17/h7-9,11H,3-6,10H2,1-2H3. The number of carbonyl (C=O) groups is 2. The first-order valence-corrected chi connectivity index (χ1v) is 6.99.